The van der Waals surface area contributed by atoms with E-state index in [4.69, 9.17) is 9.47 Å². The zero-order valence-electron chi connectivity index (χ0n) is 39.2. The normalized spacial score (nSPS) is 11.4. The van der Waals surface area contributed by atoms with E-state index in [1.165, 1.54) is 177 Å². The van der Waals surface area contributed by atoms with Crippen LogP contribution in [0.5, 0.6) is 34.5 Å². The standard InChI is InChI=1S/2C26H38O5S.Ca/c2*1-2-3-4-5-6-7-8-9-10-11-12-13-15-22-18-19-25(26(20-22)32(28,29)30)31-24-17-14-16-23(27)21-24;/h2*14,16-21,27H,2-13,15H2,1H3,(H,28,29,30);/q;;+2/p-2. The van der Waals surface area contributed by atoms with Gasteiger partial charge in [0.1, 0.15) is 43.8 Å². The summed E-state index contributed by atoms with van der Waals surface area (Å²) >= 11 is 0. The van der Waals surface area contributed by atoms with Gasteiger partial charge in [-0.1, -0.05) is 185 Å². The maximum Gasteiger partial charge on any atom is 2.00 e. The molecule has 4 rings (SSSR count). The topological polar surface area (TPSA) is 173 Å². The first-order valence-electron chi connectivity index (χ1n) is 23.9. The molecule has 10 nitrogen and oxygen atoms in total. The van der Waals surface area contributed by atoms with E-state index < -0.39 is 20.2 Å². The van der Waals surface area contributed by atoms with Gasteiger partial charge in [-0.25, -0.2) is 8.42 Å². The molecule has 0 radical (unpaired) electrons. The van der Waals surface area contributed by atoms with Crippen LogP contribution in [0.3, 0.4) is 0 Å². The van der Waals surface area contributed by atoms with Crippen molar-refractivity contribution >= 4 is 58.0 Å². The molecule has 13 heteroatoms. The molecular formula is C52H74CaO10S2. The van der Waals surface area contributed by atoms with Crippen LogP contribution in [0.4, 0.5) is 0 Å². The van der Waals surface area contributed by atoms with Crippen LogP contribution in [-0.2, 0) is 33.1 Å². The average molecular weight is 963 g/mol. The Bertz CT molecular complexity index is 1970. The number of phenolic OH excluding ortho intramolecular Hbond substituents is 1. The van der Waals surface area contributed by atoms with Gasteiger partial charge in [-0.15, -0.1) is 5.75 Å². The number of aryl methyl sites for hydroxylation is 2. The summed E-state index contributed by atoms with van der Waals surface area (Å²) in [6.45, 7) is 4.49. The van der Waals surface area contributed by atoms with Gasteiger partial charge in [0.15, 0.2) is 0 Å². The monoisotopic (exact) mass is 962 g/mol. The van der Waals surface area contributed by atoms with Crippen LogP contribution >= 0.6 is 0 Å². The summed E-state index contributed by atoms with van der Waals surface area (Å²) in [5.74, 6) is 0.248. The molecule has 0 aliphatic heterocycles. The van der Waals surface area contributed by atoms with Crippen LogP contribution in [-0.4, -0.2) is 68.8 Å². The quantitative estimate of drug-likeness (QED) is 0.0272. The predicted octanol–water partition coefficient (Wildman–Crippen LogP) is 14.0. The minimum Gasteiger partial charge on any atom is -0.872 e. The first-order valence-corrected chi connectivity index (χ1v) is 26.8. The Morgan fingerprint density at radius 2 is 0.846 bits per heavy atom. The molecule has 0 saturated heterocycles. The van der Waals surface area contributed by atoms with Crippen molar-refractivity contribution in [1.29, 1.82) is 0 Å². The van der Waals surface area contributed by atoms with Crippen molar-refractivity contribution in [3.8, 4) is 34.5 Å². The number of ether oxygens (including phenoxy) is 2. The van der Waals surface area contributed by atoms with Crippen molar-refractivity contribution in [2.75, 3.05) is 0 Å². The molecular weight excluding hydrogens is 889 g/mol. The minimum absolute atomic E-state index is 0. The fourth-order valence-electron chi connectivity index (χ4n) is 7.66. The fourth-order valence-corrected chi connectivity index (χ4v) is 8.98. The van der Waals surface area contributed by atoms with Crippen molar-refractivity contribution in [3.63, 3.8) is 0 Å². The summed E-state index contributed by atoms with van der Waals surface area (Å²) in [5.41, 5.74) is 1.66. The Morgan fingerprint density at radius 3 is 1.23 bits per heavy atom. The van der Waals surface area contributed by atoms with Crippen molar-refractivity contribution in [1.82, 2.24) is 0 Å². The first kappa shape index (κ1) is 58.3. The van der Waals surface area contributed by atoms with Gasteiger partial charge in [0.2, 0.25) is 0 Å². The first-order chi connectivity index (χ1) is 30.8. The molecule has 4 aromatic carbocycles. The number of phenols is 1. The number of aromatic hydroxyl groups is 1. The second-order valence-electron chi connectivity index (χ2n) is 16.9. The number of unbranched alkanes of at least 4 members (excludes halogenated alkanes) is 22. The van der Waals surface area contributed by atoms with E-state index in [0.717, 1.165) is 49.7 Å². The van der Waals surface area contributed by atoms with Crippen LogP contribution in [0.1, 0.15) is 179 Å². The van der Waals surface area contributed by atoms with E-state index in [1.54, 1.807) is 30.3 Å². The molecule has 65 heavy (non-hydrogen) atoms. The second kappa shape index (κ2) is 33.6. The molecule has 0 amide bonds. The molecule has 0 unspecified atom stereocenters. The molecule has 0 spiro atoms. The van der Waals surface area contributed by atoms with Crippen molar-refractivity contribution < 1.29 is 45.6 Å². The predicted molar refractivity (Wildman–Crippen MR) is 260 cm³/mol. The van der Waals surface area contributed by atoms with E-state index >= 15 is 0 Å². The van der Waals surface area contributed by atoms with Crippen LogP contribution in [0, 0.1) is 0 Å². The third-order valence-corrected chi connectivity index (χ3v) is 13.0. The van der Waals surface area contributed by atoms with Crippen molar-refractivity contribution in [3.05, 3.63) is 96.1 Å². The molecule has 356 valence electrons. The third kappa shape index (κ3) is 25.8. The Morgan fingerprint density at radius 1 is 0.477 bits per heavy atom. The van der Waals surface area contributed by atoms with Crippen LogP contribution in [0.2, 0.25) is 0 Å². The number of hydrogen-bond acceptors (Lipinski definition) is 9. The molecule has 0 bridgehead atoms. The van der Waals surface area contributed by atoms with Gasteiger partial charge < -0.3 is 24.2 Å². The second-order valence-corrected chi connectivity index (χ2v) is 19.7. The fraction of sp³-hybridized carbons (Fsp3) is 0.538. The maximum atomic E-state index is 11.9. The molecule has 0 heterocycles. The largest absolute Gasteiger partial charge is 2.00 e. The smallest absolute Gasteiger partial charge is 0.872 e. The van der Waals surface area contributed by atoms with Gasteiger partial charge in [0, 0.05) is 6.07 Å². The summed E-state index contributed by atoms with van der Waals surface area (Å²) in [6, 6.07) is 21.3. The summed E-state index contributed by atoms with van der Waals surface area (Å²) in [5, 5.41) is 21.0. The van der Waals surface area contributed by atoms with E-state index in [0.29, 0.717) is 5.75 Å². The maximum absolute atomic E-state index is 11.9. The Hall–Kier alpha value is -2.84. The van der Waals surface area contributed by atoms with Crippen LogP contribution in [0.15, 0.2) is 94.7 Å². The van der Waals surface area contributed by atoms with Crippen molar-refractivity contribution in [2.45, 2.75) is 191 Å². The SMILES string of the molecule is CCCCCCCCCCCCCCc1ccc(Oc2cccc(O)c2)c(S(=O)(=O)O)c1.CCCCCCCCCCCCCCc1ccc(Oc2cccc([O-])c2)c(S(=O)(=O)[O-])c1.[Ca+2]. The molecule has 0 fully saturated rings. The van der Waals surface area contributed by atoms with E-state index in [2.05, 4.69) is 13.8 Å². The van der Waals surface area contributed by atoms with E-state index in [9.17, 15) is 36.2 Å². The van der Waals surface area contributed by atoms with E-state index in [-0.39, 0.29) is 76.3 Å². The minimum atomic E-state index is -4.70. The molecule has 4 aromatic rings. The molecule has 2 N–H and O–H groups in total. The zero-order chi connectivity index (χ0) is 46.5. The molecule has 0 atom stereocenters. The van der Waals surface area contributed by atoms with Gasteiger partial charge in [-0.3, -0.25) is 4.55 Å². The summed E-state index contributed by atoms with van der Waals surface area (Å²) in [4.78, 5) is -0.637. The van der Waals surface area contributed by atoms with Gasteiger partial charge in [0.25, 0.3) is 10.1 Å². The number of hydrogen-bond donors (Lipinski definition) is 2. The molecule has 0 aromatic heterocycles. The summed E-state index contributed by atoms with van der Waals surface area (Å²) < 4.78 is 79.7. The molecule has 0 aliphatic rings. The van der Waals surface area contributed by atoms with Crippen LogP contribution in [0.25, 0.3) is 0 Å². The summed E-state index contributed by atoms with van der Waals surface area (Å²) in [6.07, 6.45) is 31.9. The van der Waals surface area contributed by atoms with Crippen LogP contribution < -0.4 is 14.6 Å². The zero-order valence-corrected chi connectivity index (χ0v) is 43.0. The van der Waals surface area contributed by atoms with E-state index in [1.807, 2.05) is 6.07 Å². The number of benzene rings is 4. The van der Waals surface area contributed by atoms with Gasteiger partial charge in [-0.05, 0) is 85.3 Å². The van der Waals surface area contributed by atoms with Gasteiger partial charge >= 0.3 is 37.7 Å². The van der Waals surface area contributed by atoms with Crippen molar-refractivity contribution in [2.24, 2.45) is 0 Å². The number of rotatable bonds is 32. The molecule has 0 saturated carbocycles. The Balaban J connectivity index is 0.000000440. The molecule has 0 aliphatic carbocycles. The summed E-state index contributed by atoms with van der Waals surface area (Å²) in [7, 11) is -9.12. The Kier molecular flexibility index (Phi) is 30.1. The Labute approximate surface area is 421 Å². The third-order valence-electron chi connectivity index (χ3n) is 11.3. The van der Waals surface area contributed by atoms with Gasteiger partial charge in [-0.2, -0.15) is 8.42 Å². The average Bonchev–Trinajstić information content (AvgIpc) is 3.25. The van der Waals surface area contributed by atoms with Gasteiger partial charge in [0.05, 0.1) is 4.90 Å².